The molecule has 0 aliphatic heterocycles. The topological polar surface area (TPSA) is 63.5 Å². The van der Waals surface area contributed by atoms with E-state index in [2.05, 4.69) is 15.9 Å². The lowest BCUT2D eigenvalue weighted by Crippen LogP contribution is -2.33. The Labute approximate surface area is 120 Å². The average molecular weight is 329 g/mol. The molecule has 0 heterocycles. The van der Waals surface area contributed by atoms with Gasteiger partial charge in [-0.1, -0.05) is 35.0 Å². The summed E-state index contributed by atoms with van der Waals surface area (Å²) in [5, 5.41) is 11.8. The van der Waals surface area contributed by atoms with Crippen LogP contribution in [-0.2, 0) is 0 Å². The van der Waals surface area contributed by atoms with Crippen LogP contribution in [0.25, 0.3) is 0 Å². The summed E-state index contributed by atoms with van der Waals surface area (Å²) in [6.45, 7) is 4.75. The standard InChI is InChI=1S/C13H17BrN2O3/c1-3-8-15(9-7-14)13(17)11-6-4-5-10(2)12(11)16(18)19/h4-6H,3,7-9H2,1-2H3. The van der Waals surface area contributed by atoms with Crippen molar-refractivity contribution < 1.29 is 9.72 Å². The van der Waals surface area contributed by atoms with E-state index < -0.39 is 4.92 Å². The number of nitro groups is 1. The van der Waals surface area contributed by atoms with Crippen LogP contribution in [0.15, 0.2) is 18.2 Å². The fraction of sp³-hybridized carbons (Fsp3) is 0.462. The maximum Gasteiger partial charge on any atom is 0.285 e. The molecule has 0 unspecified atom stereocenters. The monoisotopic (exact) mass is 328 g/mol. The minimum atomic E-state index is -0.485. The number of nitro benzene ring substituents is 1. The maximum absolute atomic E-state index is 12.4. The Kier molecular flexibility index (Phi) is 5.95. The van der Waals surface area contributed by atoms with Crippen molar-refractivity contribution in [3.8, 4) is 0 Å². The van der Waals surface area contributed by atoms with Crippen LogP contribution < -0.4 is 0 Å². The van der Waals surface area contributed by atoms with Gasteiger partial charge in [0.15, 0.2) is 0 Å². The molecule has 6 heteroatoms. The quantitative estimate of drug-likeness (QED) is 0.457. The van der Waals surface area contributed by atoms with Gasteiger partial charge in [0.1, 0.15) is 5.56 Å². The molecule has 0 atom stereocenters. The van der Waals surface area contributed by atoms with Gasteiger partial charge in [-0.3, -0.25) is 14.9 Å². The number of hydrogen-bond acceptors (Lipinski definition) is 3. The highest BCUT2D eigenvalue weighted by Crippen LogP contribution is 2.24. The number of amides is 1. The van der Waals surface area contributed by atoms with Crippen molar-refractivity contribution >= 4 is 27.5 Å². The van der Waals surface area contributed by atoms with Crippen molar-refractivity contribution in [2.24, 2.45) is 0 Å². The molecular weight excluding hydrogens is 312 g/mol. The zero-order valence-corrected chi connectivity index (χ0v) is 12.6. The predicted molar refractivity (Wildman–Crippen MR) is 77.8 cm³/mol. The second kappa shape index (κ2) is 7.23. The fourth-order valence-electron chi connectivity index (χ4n) is 1.93. The van der Waals surface area contributed by atoms with Crippen LogP contribution in [0.5, 0.6) is 0 Å². The molecule has 0 radical (unpaired) electrons. The largest absolute Gasteiger partial charge is 0.338 e. The van der Waals surface area contributed by atoms with Gasteiger partial charge in [0, 0.05) is 24.0 Å². The van der Waals surface area contributed by atoms with E-state index >= 15 is 0 Å². The third kappa shape index (κ3) is 3.76. The maximum atomic E-state index is 12.4. The first-order valence-electron chi connectivity index (χ1n) is 6.12. The van der Waals surface area contributed by atoms with Crippen molar-refractivity contribution in [2.45, 2.75) is 20.3 Å². The number of carbonyl (C=O) groups excluding carboxylic acids is 1. The molecule has 0 fully saturated rings. The zero-order valence-electron chi connectivity index (χ0n) is 11.1. The smallest absolute Gasteiger partial charge is 0.285 e. The summed E-state index contributed by atoms with van der Waals surface area (Å²) < 4.78 is 0. The van der Waals surface area contributed by atoms with Crippen LogP contribution in [0.4, 0.5) is 5.69 Å². The predicted octanol–water partition coefficient (Wildman–Crippen LogP) is 3.15. The van der Waals surface area contributed by atoms with Gasteiger partial charge < -0.3 is 4.90 Å². The van der Waals surface area contributed by atoms with Crippen molar-refractivity contribution in [1.29, 1.82) is 0 Å². The zero-order chi connectivity index (χ0) is 14.4. The molecule has 0 saturated carbocycles. The number of aryl methyl sites for hydroxylation is 1. The number of nitrogens with zero attached hydrogens (tertiary/aromatic N) is 2. The van der Waals surface area contributed by atoms with E-state index in [0.29, 0.717) is 24.0 Å². The molecule has 0 aliphatic carbocycles. The lowest BCUT2D eigenvalue weighted by atomic mass is 10.1. The number of rotatable bonds is 6. The number of carbonyl (C=O) groups is 1. The van der Waals surface area contributed by atoms with Crippen LogP contribution in [0.2, 0.25) is 0 Å². The van der Waals surface area contributed by atoms with Gasteiger partial charge in [-0.25, -0.2) is 0 Å². The molecule has 104 valence electrons. The summed E-state index contributed by atoms with van der Waals surface area (Å²) in [6, 6.07) is 4.84. The van der Waals surface area contributed by atoms with Crippen LogP contribution in [0.3, 0.4) is 0 Å². The van der Waals surface area contributed by atoms with E-state index in [9.17, 15) is 14.9 Å². The highest BCUT2D eigenvalue weighted by Gasteiger charge is 2.25. The number of benzene rings is 1. The molecule has 0 aromatic heterocycles. The van der Waals surface area contributed by atoms with Crippen LogP contribution in [-0.4, -0.2) is 34.2 Å². The molecule has 0 spiro atoms. The van der Waals surface area contributed by atoms with Crippen LogP contribution in [0.1, 0.15) is 29.3 Å². The summed E-state index contributed by atoms with van der Waals surface area (Å²) >= 11 is 3.30. The summed E-state index contributed by atoms with van der Waals surface area (Å²) in [6.07, 6.45) is 0.818. The second-order valence-corrected chi connectivity index (χ2v) is 5.00. The normalized spacial score (nSPS) is 10.3. The molecule has 0 N–H and O–H groups in total. The first-order chi connectivity index (χ1) is 9.02. The van der Waals surface area contributed by atoms with Gasteiger partial charge in [-0.05, 0) is 19.4 Å². The molecule has 1 rings (SSSR count). The number of para-hydroxylation sites is 1. The summed E-state index contributed by atoms with van der Waals surface area (Å²) in [4.78, 5) is 24.7. The molecule has 5 nitrogen and oxygen atoms in total. The van der Waals surface area contributed by atoms with Gasteiger partial charge in [-0.2, -0.15) is 0 Å². The van der Waals surface area contributed by atoms with E-state index in [1.807, 2.05) is 6.92 Å². The first kappa shape index (κ1) is 15.6. The van der Waals surface area contributed by atoms with Crippen LogP contribution >= 0.6 is 15.9 Å². The molecule has 1 aromatic rings. The highest BCUT2D eigenvalue weighted by atomic mass is 79.9. The molecule has 0 saturated heterocycles. The second-order valence-electron chi connectivity index (χ2n) is 4.21. The molecular formula is C13H17BrN2O3. The van der Waals surface area contributed by atoms with E-state index in [-0.39, 0.29) is 17.2 Å². The van der Waals surface area contributed by atoms with Gasteiger partial charge in [0.25, 0.3) is 11.6 Å². The average Bonchev–Trinajstić information content (AvgIpc) is 2.37. The molecule has 0 aliphatic rings. The van der Waals surface area contributed by atoms with E-state index in [1.54, 1.807) is 24.0 Å². The van der Waals surface area contributed by atoms with Crippen molar-refractivity contribution in [3.63, 3.8) is 0 Å². The lowest BCUT2D eigenvalue weighted by Gasteiger charge is -2.21. The van der Waals surface area contributed by atoms with Gasteiger partial charge in [0.05, 0.1) is 4.92 Å². The highest BCUT2D eigenvalue weighted by molar-refractivity contribution is 9.09. The number of hydrogen-bond donors (Lipinski definition) is 0. The van der Waals surface area contributed by atoms with E-state index in [0.717, 1.165) is 6.42 Å². The fourth-order valence-corrected chi connectivity index (χ4v) is 2.36. The Morgan fingerprint density at radius 3 is 2.63 bits per heavy atom. The lowest BCUT2D eigenvalue weighted by molar-refractivity contribution is -0.385. The minimum Gasteiger partial charge on any atom is -0.338 e. The van der Waals surface area contributed by atoms with Crippen molar-refractivity contribution in [1.82, 2.24) is 4.90 Å². The Balaban J connectivity index is 3.17. The minimum absolute atomic E-state index is 0.0943. The third-order valence-electron chi connectivity index (χ3n) is 2.79. The van der Waals surface area contributed by atoms with Crippen LogP contribution in [0, 0.1) is 17.0 Å². The summed E-state index contributed by atoms with van der Waals surface area (Å²) in [5.74, 6) is -0.281. The number of alkyl halides is 1. The van der Waals surface area contributed by atoms with Gasteiger partial charge in [0.2, 0.25) is 0 Å². The SMILES string of the molecule is CCCN(CCBr)C(=O)c1cccc(C)c1[N+](=O)[O-]. The Bertz CT molecular complexity index is 471. The first-order valence-corrected chi connectivity index (χ1v) is 7.24. The van der Waals surface area contributed by atoms with E-state index in [1.165, 1.54) is 6.07 Å². The van der Waals surface area contributed by atoms with E-state index in [4.69, 9.17) is 0 Å². The summed E-state index contributed by atoms with van der Waals surface area (Å²) in [5.41, 5.74) is 0.578. The Morgan fingerprint density at radius 2 is 2.11 bits per heavy atom. The molecule has 1 amide bonds. The van der Waals surface area contributed by atoms with Crippen molar-refractivity contribution in [3.05, 3.63) is 39.4 Å². The van der Waals surface area contributed by atoms with Crippen molar-refractivity contribution in [2.75, 3.05) is 18.4 Å². The summed E-state index contributed by atoms with van der Waals surface area (Å²) in [7, 11) is 0. The van der Waals surface area contributed by atoms with Gasteiger partial charge in [-0.15, -0.1) is 0 Å². The van der Waals surface area contributed by atoms with Gasteiger partial charge >= 0.3 is 0 Å². The Morgan fingerprint density at radius 1 is 1.42 bits per heavy atom. The molecule has 1 aromatic carbocycles. The number of halogens is 1. The molecule has 19 heavy (non-hydrogen) atoms. The third-order valence-corrected chi connectivity index (χ3v) is 3.14. The Hall–Kier alpha value is -1.43. The molecule has 0 bridgehead atoms.